The maximum Gasteiger partial charge on any atom is 0.169 e. The molecule has 14 heavy (non-hydrogen) atoms. The highest BCUT2D eigenvalue weighted by atomic mass is 16.5. The van der Waals surface area contributed by atoms with Crippen molar-refractivity contribution in [3.8, 4) is 0 Å². The minimum Gasteiger partial charge on any atom is -0.384 e. The van der Waals surface area contributed by atoms with E-state index in [4.69, 9.17) is 4.52 Å². The summed E-state index contributed by atoms with van der Waals surface area (Å²) in [6.45, 7) is 1.09. The van der Waals surface area contributed by atoms with Crippen molar-refractivity contribution in [3.63, 3.8) is 0 Å². The van der Waals surface area contributed by atoms with E-state index < -0.39 is 0 Å². The zero-order chi connectivity index (χ0) is 9.17. The zero-order valence-corrected chi connectivity index (χ0v) is 7.63. The molecule has 2 heterocycles. The summed E-state index contributed by atoms with van der Waals surface area (Å²) in [7, 11) is 0. The Bertz CT molecular complexity index is 525. The van der Waals surface area contributed by atoms with Crippen molar-refractivity contribution in [2.24, 2.45) is 0 Å². The summed E-state index contributed by atoms with van der Waals surface area (Å²) >= 11 is 0. The van der Waals surface area contributed by atoms with E-state index in [1.807, 2.05) is 6.07 Å². The smallest absolute Gasteiger partial charge is 0.169 e. The van der Waals surface area contributed by atoms with Crippen LogP contribution in [0.4, 0.5) is 5.69 Å². The molecule has 0 atom stereocenters. The van der Waals surface area contributed by atoms with E-state index in [2.05, 4.69) is 22.7 Å². The van der Waals surface area contributed by atoms with E-state index in [1.54, 1.807) is 0 Å². The van der Waals surface area contributed by atoms with Crippen LogP contribution in [-0.2, 0) is 5.41 Å². The van der Waals surface area contributed by atoms with Crippen molar-refractivity contribution in [1.82, 2.24) is 5.16 Å². The van der Waals surface area contributed by atoms with Gasteiger partial charge in [0.25, 0.3) is 0 Å². The molecule has 1 aromatic heterocycles. The Hall–Kier alpha value is -1.51. The average Bonchev–Trinajstić information content (AvgIpc) is 2.69. The van der Waals surface area contributed by atoms with Gasteiger partial charge in [0.1, 0.15) is 6.20 Å². The summed E-state index contributed by atoms with van der Waals surface area (Å²) in [4.78, 5) is 0. The Kier molecular flexibility index (Phi) is 0.955. The molecule has 0 saturated heterocycles. The fourth-order valence-corrected chi connectivity index (χ4v) is 2.41. The Morgan fingerprint density at radius 1 is 1.43 bits per heavy atom. The molecule has 1 aliphatic carbocycles. The molecule has 1 aliphatic heterocycles. The Morgan fingerprint density at radius 3 is 3.21 bits per heavy atom. The molecule has 0 unspecified atom stereocenters. The monoisotopic (exact) mass is 185 g/mol. The third-order valence-electron chi connectivity index (χ3n) is 3.47. The van der Waals surface area contributed by atoms with Crippen molar-refractivity contribution in [2.75, 3.05) is 11.9 Å². The summed E-state index contributed by atoms with van der Waals surface area (Å²) in [6.07, 6.45) is 5.49. The summed E-state index contributed by atoms with van der Waals surface area (Å²) in [5.41, 5.74) is 3.92. The van der Waals surface area contributed by atoms with E-state index in [-0.39, 0.29) is 0 Å². The molecule has 2 aliphatic rings. The number of anilines is 1. The molecule has 3 heteroatoms. The highest BCUT2D eigenvalue weighted by Gasteiger charge is 2.49. The quantitative estimate of drug-likeness (QED) is 0.682. The zero-order valence-electron chi connectivity index (χ0n) is 7.63. The van der Waals surface area contributed by atoms with Crippen LogP contribution in [0.5, 0.6) is 0 Å². The van der Waals surface area contributed by atoms with Crippen LogP contribution in [-0.4, -0.2) is 11.7 Å². The van der Waals surface area contributed by atoms with Crippen LogP contribution in [0, 0.1) is 6.20 Å². The molecular weight excluding hydrogens is 176 g/mol. The van der Waals surface area contributed by atoms with Gasteiger partial charge >= 0.3 is 0 Å². The Labute approximate surface area is 81.1 Å². The molecule has 69 valence electrons. The van der Waals surface area contributed by atoms with Crippen LogP contribution >= 0.6 is 0 Å². The summed E-state index contributed by atoms with van der Waals surface area (Å²) in [5, 5.41) is 8.11. The molecule has 1 N–H and O–H groups in total. The third kappa shape index (κ3) is 0.672. The van der Waals surface area contributed by atoms with Crippen LogP contribution in [0.25, 0.3) is 11.0 Å². The number of fused-ring (bicyclic) bond motifs is 3. The van der Waals surface area contributed by atoms with Gasteiger partial charge in [0.15, 0.2) is 5.58 Å². The van der Waals surface area contributed by atoms with Gasteiger partial charge in [-0.25, -0.2) is 0 Å². The van der Waals surface area contributed by atoms with E-state index in [9.17, 15) is 0 Å². The van der Waals surface area contributed by atoms with Crippen molar-refractivity contribution >= 4 is 16.7 Å². The normalized spacial score (nSPS) is 21.1. The van der Waals surface area contributed by atoms with Gasteiger partial charge in [0.2, 0.25) is 0 Å². The lowest BCUT2D eigenvalue weighted by molar-refractivity contribution is 0.455. The molecule has 1 aromatic carbocycles. The van der Waals surface area contributed by atoms with Gasteiger partial charge in [0, 0.05) is 23.7 Å². The molecule has 1 fully saturated rings. The predicted molar refractivity (Wildman–Crippen MR) is 52.2 cm³/mol. The Balaban J connectivity index is 2.08. The van der Waals surface area contributed by atoms with Gasteiger partial charge in [-0.3, -0.25) is 0 Å². The predicted octanol–water partition coefficient (Wildman–Crippen LogP) is 2.09. The molecule has 1 radical (unpaired) electrons. The molecule has 1 saturated carbocycles. The summed E-state index contributed by atoms with van der Waals surface area (Å²) in [6, 6.07) is 4.22. The van der Waals surface area contributed by atoms with Gasteiger partial charge in [-0.1, -0.05) is 5.16 Å². The minimum atomic E-state index is 0.439. The molecule has 4 rings (SSSR count). The molecule has 1 spiro atoms. The van der Waals surface area contributed by atoms with Crippen LogP contribution in [0.1, 0.15) is 18.4 Å². The van der Waals surface area contributed by atoms with Crippen LogP contribution < -0.4 is 5.32 Å². The fourth-order valence-electron chi connectivity index (χ4n) is 2.41. The highest BCUT2D eigenvalue weighted by Crippen LogP contribution is 2.54. The summed E-state index contributed by atoms with van der Waals surface area (Å²) in [5.74, 6) is 0. The number of nitrogens with one attached hydrogen (secondary N) is 1. The Morgan fingerprint density at radius 2 is 2.36 bits per heavy atom. The first-order valence-electron chi connectivity index (χ1n) is 4.93. The van der Waals surface area contributed by atoms with Crippen molar-refractivity contribution < 1.29 is 4.52 Å². The largest absolute Gasteiger partial charge is 0.384 e. The van der Waals surface area contributed by atoms with Crippen LogP contribution in [0.3, 0.4) is 0 Å². The van der Waals surface area contributed by atoms with Crippen LogP contribution in [0.2, 0.25) is 0 Å². The van der Waals surface area contributed by atoms with E-state index in [0.717, 1.165) is 17.5 Å². The SMILES string of the molecule is [c]1noc2cc3c(cc12)C1(CC1)CN3. The topological polar surface area (TPSA) is 38.1 Å². The number of aromatic nitrogens is 1. The van der Waals surface area contributed by atoms with Crippen LogP contribution in [0.15, 0.2) is 16.7 Å². The van der Waals surface area contributed by atoms with Gasteiger partial charge in [-0.15, -0.1) is 0 Å². The lowest BCUT2D eigenvalue weighted by Gasteiger charge is -2.04. The number of benzene rings is 1. The van der Waals surface area contributed by atoms with E-state index in [0.29, 0.717) is 5.41 Å². The average molecular weight is 185 g/mol. The first kappa shape index (κ1) is 6.87. The van der Waals surface area contributed by atoms with E-state index in [1.165, 1.54) is 24.1 Å². The second-order valence-corrected chi connectivity index (χ2v) is 4.32. The van der Waals surface area contributed by atoms with Gasteiger partial charge < -0.3 is 9.84 Å². The molecule has 2 aromatic rings. The first-order chi connectivity index (χ1) is 6.87. The van der Waals surface area contributed by atoms with Gasteiger partial charge in [-0.05, 0) is 24.5 Å². The van der Waals surface area contributed by atoms with E-state index >= 15 is 0 Å². The summed E-state index contributed by atoms with van der Waals surface area (Å²) < 4.78 is 5.09. The standard InChI is InChI=1S/C11H9N2O/c1-2-11(1)6-12-9-4-10-7(3-8(9)11)5-13-14-10/h3-4,12H,1-2,6H2. The molecule has 0 bridgehead atoms. The van der Waals surface area contributed by atoms with Crippen molar-refractivity contribution in [3.05, 3.63) is 23.9 Å². The lowest BCUT2D eigenvalue weighted by atomic mass is 9.97. The van der Waals surface area contributed by atoms with Gasteiger partial charge in [-0.2, -0.15) is 0 Å². The first-order valence-corrected chi connectivity index (χ1v) is 4.93. The fraction of sp³-hybridized carbons (Fsp3) is 0.364. The number of hydrogen-bond acceptors (Lipinski definition) is 3. The van der Waals surface area contributed by atoms with Crippen molar-refractivity contribution in [2.45, 2.75) is 18.3 Å². The molecule has 3 nitrogen and oxygen atoms in total. The number of nitrogens with zero attached hydrogens (tertiary/aromatic N) is 1. The second kappa shape index (κ2) is 1.95. The molecular formula is C11H9N2O. The maximum absolute atomic E-state index is 5.09. The highest BCUT2D eigenvalue weighted by molar-refractivity contribution is 5.84. The van der Waals surface area contributed by atoms with Crippen molar-refractivity contribution in [1.29, 1.82) is 0 Å². The van der Waals surface area contributed by atoms with Gasteiger partial charge in [0.05, 0.1) is 5.39 Å². The number of rotatable bonds is 0. The third-order valence-corrected chi connectivity index (χ3v) is 3.47. The number of hydrogen-bond donors (Lipinski definition) is 1. The maximum atomic E-state index is 5.09. The second-order valence-electron chi connectivity index (χ2n) is 4.32. The minimum absolute atomic E-state index is 0.439. The molecule has 0 amide bonds. The lowest BCUT2D eigenvalue weighted by Crippen LogP contribution is -2.08.